The van der Waals surface area contributed by atoms with Gasteiger partial charge in [0.2, 0.25) is 0 Å². The summed E-state index contributed by atoms with van der Waals surface area (Å²) >= 11 is 0. The maximum atomic E-state index is 11.6. The summed E-state index contributed by atoms with van der Waals surface area (Å²) in [6.45, 7) is 0. The van der Waals surface area contributed by atoms with Crippen molar-refractivity contribution in [2.45, 2.75) is 0 Å². The van der Waals surface area contributed by atoms with E-state index in [2.05, 4.69) is 29.9 Å². The van der Waals surface area contributed by atoms with Crippen LogP contribution in [0.2, 0.25) is 0 Å². The van der Waals surface area contributed by atoms with Gasteiger partial charge in [0, 0.05) is 36.3 Å². The number of hydrogen-bond acceptors (Lipinski definition) is 9. The Hall–Kier alpha value is -5.97. The molecule has 9 nitrogen and oxygen atoms in total. The molecule has 0 fully saturated rings. The Morgan fingerprint density at radius 1 is 0.348 bits per heavy atom. The van der Waals surface area contributed by atoms with Crippen molar-refractivity contribution in [3.8, 4) is 0 Å². The second-order valence-corrected chi connectivity index (χ2v) is 8.90. The van der Waals surface area contributed by atoms with Gasteiger partial charge in [-0.15, -0.1) is 0 Å². The first kappa shape index (κ1) is 34.5. The summed E-state index contributed by atoms with van der Waals surface area (Å²) in [4.78, 5) is 23.6. The van der Waals surface area contributed by atoms with Gasteiger partial charge in [0.15, 0.2) is 0 Å². The Bertz CT molecular complexity index is 1580. The van der Waals surface area contributed by atoms with E-state index in [9.17, 15) is 15.3 Å². The molecular weight excluding hydrogens is 623 g/mol. The summed E-state index contributed by atoms with van der Waals surface area (Å²) < 4.78 is 0. The number of aromatic nitrogens is 3. The van der Waals surface area contributed by atoms with Gasteiger partial charge >= 0.3 is 16.8 Å². The van der Waals surface area contributed by atoms with Crippen LogP contribution in [0, 0.1) is 0 Å². The maximum absolute atomic E-state index is 11.6. The Morgan fingerprint density at radius 2 is 0.587 bits per heavy atom. The van der Waals surface area contributed by atoms with Gasteiger partial charge in [-0.25, -0.2) is 0 Å². The standard InChI is InChI=1S/3C12H10N2O.Co/c3*15-12(11-8-4-5-9-13-11)14-10-6-2-1-3-7-10;/h3*1-9H,(H,14,15);/q;;;+3/p-3. The van der Waals surface area contributed by atoms with Crippen molar-refractivity contribution in [2.24, 2.45) is 15.0 Å². The van der Waals surface area contributed by atoms with Gasteiger partial charge in [-0.1, -0.05) is 72.8 Å². The van der Waals surface area contributed by atoms with Crippen molar-refractivity contribution in [2.75, 3.05) is 0 Å². The average molecular weight is 651 g/mol. The third kappa shape index (κ3) is 12.0. The molecule has 0 aliphatic carbocycles. The van der Waals surface area contributed by atoms with Crippen molar-refractivity contribution in [1.82, 2.24) is 15.0 Å². The first-order chi connectivity index (χ1) is 22.1. The predicted octanol–water partition coefficient (Wildman–Crippen LogP) is 4.56. The summed E-state index contributed by atoms with van der Waals surface area (Å²) in [6.07, 6.45) is 4.73. The zero-order valence-corrected chi connectivity index (χ0v) is 25.4. The predicted molar refractivity (Wildman–Crippen MR) is 171 cm³/mol. The zero-order chi connectivity index (χ0) is 31.5. The van der Waals surface area contributed by atoms with E-state index in [0.29, 0.717) is 34.1 Å². The number of rotatable bonds is 6. The van der Waals surface area contributed by atoms with E-state index in [1.807, 2.05) is 54.6 Å². The molecular formula is C36H27CoN6O3. The SMILES string of the molecule is [Co+3].[O-]C(=Nc1ccccc1)c1ccccn1.[O-]C(=Nc1ccccc1)c1ccccn1.[O-]C(=Nc1ccccc1)c1ccccn1. The molecule has 0 aliphatic rings. The summed E-state index contributed by atoms with van der Waals surface area (Å²) in [5.74, 6) is -0.953. The van der Waals surface area contributed by atoms with Crippen LogP contribution in [-0.4, -0.2) is 32.6 Å². The molecule has 0 bridgehead atoms. The van der Waals surface area contributed by atoms with Crippen LogP contribution < -0.4 is 15.3 Å². The maximum Gasteiger partial charge on any atom is 3.00 e. The van der Waals surface area contributed by atoms with Crippen LogP contribution in [0.3, 0.4) is 0 Å². The first-order valence-corrected chi connectivity index (χ1v) is 13.7. The Morgan fingerprint density at radius 3 is 0.804 bits per heavy atom. The molecule has 3 heterocycles. The fraction of sp³-hybridized carbons (Fsp3) is 0. The minimum absolute atomic E-state index is 0. The smallest absolute Gasteiger partial charge is 0.857 e. The van der Waals surface area contributed by atoms with Crippen molar-refractivity contribution in [3.63, 3.8) is 0 Å². The molecule has 3 aromatic carbocycles. The Kier molecular flexibility index (Phi) is 14.5. The fourth-order valence-corrected chi connectivity index (χ4v) is 3.50. The van der Waals surface area contributed by atoms with Gasteiger partial charge in [-0.3, -0.25) is 29.9 Å². The van der Waals surface area contributed by atoms with Crippen LogP contribution in [-0.2, 0) is 16.8 Å². The van der Waals surface area contributed by atoms with Crippen LogP contribution in [0.1, 0.15) is 17.1 Å². The van der Waals surface area contributed by atoms with Crippen molar-refractivity contribution >= 4 is 34.8 Å². The summed E-state index contributed by atoms with van der Waals surface area (Å²) in [7, 11) is 0. The van der Waals surface area contributed by atoms with E-state index in [4.69, 9.17) is 0 Å². The normalized spacial score (nSPS) is 11.1. The van der Waals surface area contributed by atoms with E-state index in [-0.39, 0.29) is 34.5 Å². The number of aliphatic imine (C=N–C) groups is 3. The van der Waals surface area contributed by atoms with Crippen LogP contribution in [0.5, 0.6) is 0 Å². The van der Waals surface area contributed by atoms with Crippen LogP contribution in [0.15, 0.2) is 179 Å². The molecule has 228 valence electrons. The molecule has 0 saturated heterocycles. The largest absolute Gasteiger partial charge is 3.00 e. The molecule has 0 unspecified atom stereocenters. The van der Waals surface area contributed by atoms with E-state index >= 15 is 0 Å². The third-order valence-electron chi connectivity index (χ3n) is 5.61. The molecule has 10 heteroatoms. The fourth-order valence-electron chi connectivity index (χ4n) is 3.50. The van der Waals surface area contributed by atoms with Gasteiger partial charge in [-0.2, -0.15) is 0 Å². The minimum atomic E-state index is -0.318. The van der Waals surface area contributed by atoms with Crippen LogP contribution in [0.4, 0.5) is 17.1 Å². The summed E-state index contributed by atoms with van der Waals surface area (Å²) in [6, 6.07) is 42.9. The quantitative estimate of drug-likeness (QED) is 0.191. The van der Waals surface area contributed by atoms with Gasteiger partial charge < -0.3 is 15.3 Å². The number of para-hydroxylation sites is 3. The van der Waals surface area contributed by atoms with Crippen molar-refractivity contribution in [1.29, 1.82) is 0 Å². The number of benzene rings is 3. The second-order valence-electron chi connectivity index (χ2n) is 8.90. The molecule has 0 atom stereocenters. The van der Waals surface area contributed by atoms with Crippen molar-refractivity contribution < 1.29 is 32.1 Å². The molecule has 3 aromatic heterocycles. The first-order valence-electron chi connectivity index (χ1n) is 13.7. The summed E-state index contributed by atoms with van der Waals surface area (Å²) in [5.41, 5.74) is 3.03. The van der Waals surface area contributed by atoms with Gasteiger partial charge in [0.25, 0.3) is 0 Å². The zero-order valence-electron chi connectivity index (χ0n) is 24.3. The van der Waals surface area contributed by atoms with E-state index in [1.165, 1.54) is 0 Å². The molecule has 0 saturated carbocycles. The second kappa shape index (κ2) is 19.3. The van der Waals surface area contributed by atoms with Gasteiger partial charge in [0.05, 0.1) is 34.1 Å². The molecule has 6 rings (SSSR count). The number of pyridine rings is 3. The monoisotopic (exact) mass is 650 g/mol. The molecule has 0 aliphatic heterocycles. The minimum Gasteiger partial charge on any atom is -0.857 e. The Balaban J connectivity index is 0.000000186. The van der Waals surface area contributed by atoms with Crippen LogP contribution >= 0.6 is 0 Å². The molecule has 0 amide bonds. The third-order valence-corrected chi connectivity index (χ3v) is 5.61. The Labute approximate surface area is 277 Å². The summed E-state index contributed by atoms with van der Waals surface area (Å²) in [5, 5.41) is 34.8. The van der Waals surface area contributed by atoms with E-state index in [1.54, 1.807) is 110 Å². The number of nitrogens with zero attached hydrogens (tertiary/aromatic N) is 6. The molecule has 0 spiro atoms. The van der Waals surface area contributed by atoms with Crippen molar-refractivity contribution in [3.05, 3.63) is 181 Å². The molecule has 0 radical (unpaired) electrons. The average Bonchev–Trinajstić information content (AvgIpc) is 3.11. The van der Waals surface area contributed by atoms with Gasteiger partial charge in [0.1, 0.15) is 0 Å². The molecule has 46 heavy (non-hydrogen) atoms. The number of hydrogen-bond donors (Lipinski definition) is 0. The van der Waals surface area contributed by atoms with Gasteiger partial charge in [-0.05, 0) is 72.8 Å². The molecule has 6 aromatic rings. The van der Waals surface area contributed by atoms with Crippen LogP contribution in [0.25, 0.3) is 0 Å². The topological polar surface area (TPSA) is 145 Å². The van der Waals surface area contributed by atoms with E-state index in [0.717, 1.165) is 0 Å². The van der Waals surface area contributed by atoms with E-state index < -0.39 is 0 Å². The molecule has 0 N–H and O–H groups in total.